The van der Waals surface area contributed by atoms with Crippen LogP contribution in [0.1, 0.15) is 48.5 Å². The number of anilines is 2. The highest BCUT2D eigenvalue weighted by Gasteiger charge is 2.38. The summed E-state index contributed by atoms with van der Waals surface area (Å²) in [7, 11) is 0. The minimum absolute atomic E-state index is 0.179. The Balaban J connectivity index is 1.51. The molecule has 2 atom stereocenters. The van der Waals surface area contributed by atoms with Crippen molar-refractivity contribution in [1.82, 2.24) is 0 Å². The van der Waals surface area contributed by atoms with Crippen LogP contribution in [-0.4, -0.2) is 6.61 Å². The molecular weight excluding hydrogens is 398 g/mol. The molecule has 0 heterocycles. The Hall–Kier alpha value is -2.10. The van der Waals surface area contributed by atoms with Crippen molar-refractivity contribution in [3.05, 3.63) is 94.0 Å². The summed E-state index contributed by atoms with van der Waals surface area (Å²) in [6.45, 7) is 3.03. The van der Waals surface area contributed by atoms with Crippen LogP contribution in [0.2, 0.25) is 0 Å². The molecule has 0 amide bonds. The summed E-state index contributed by atoms with van der Waals surface area (Å²) >= 11 is 3.47. The summed E-state index contributed by atoms with van der Waals surface area (Å²) in [6.07, 6.45) is 2.45. The molecule has 138 valence electrons. The van der Waals surface area contributed by atoms with Gasteiger partial charge in [-0.2, -0.15) is 0 Å². The number of hydrogen-bond donors (Lipinski definition) is 1. The van der Waals surface area contributed by atoms with Crippen molar-refractivity contribution < 1.29 is 4.74 Å². The largest absolute Gasteiger partial charge is 0.373 e. The third kappa shape index (κ3) is 3.95. The Morgan fingerprint density at radius 2 is 1.48 bits per heavy atom. The van der Waals surface area contributed by atoms with Gasteiger partial charge in [-0.25, -0.2) is 0 Å². The Bertz CT molecular complexity index is 889. The summed E-state index contributed by atoms with van der Waals surface area (Å²) in [5.41, 5.74) is 6.23. The zero-order valence-electron chi connectivity index (χ0n) is 15.5. The molecular formula is C24H24BrNO. The summed E-state index contributed by atoms with van der Waals surface area (Å²) in [5, 5.41) is 3.45. The predicted molar refractivity (Wildman–Crippen MR) is 116 cm³/mol. The van der Waals surface area contributed by atoms with E-state index in [-0.39, 0.29) is 6.10 Å². The first-order valence-corrected chi connectivity index (χ1v) is 10.4. The molecule has 0 spiro atoms. The average molecular weight is 422 g/mol. The van der Waals surface area contributed by atoms with Crippen LogP contribution in [0.5, 0.6) is 0 Å². The number of fused-ring (bicyclic) bond motifs is 1. The smallest absolute Gasteiger partial charge is 0.0936 e. The van der Waals surface area contributed by atoms with E-state index in [0.717, 1.165) is 35.3 Å². The van der Waals surface area contributed by atoms with E-state index in [1.807, 2.05) is 12.1 Å². The first-order valence-electron chi connectivity index (χ1n) is 9.59. The molecule has 2 nitrogen and oxygen atoms in total. The number of benzene rings is 3. The van der Waals surface area contributed by atoms with Gasteiger partial charge in [0, 0.05) is 28.4 Å². The molecule has 0 fully saturated rings. The quantitative estimate of drug-likeness (QED) is 0.407. The summed E-state index contributed by atoms with van der Waals surface area (Å²) in [5.74, 6) is 0.333. The number of ether oxygens (including phenoxy) is 1. The number of nitrogens with one attached hydrogen (secondary N) is 1. The van der Waals surface area contributed by atoms with Crippen LogP contribution in [0.25, 0.3) is 0 Å². The Labute approximate surface area is 169 Å². The minimum atomic E-state index is 0.179. The van der Waals surface area contributed by atoms with Crippen LogP contribution in [-0.2, 0) is 4.74 Å². The highest BCUT2D eigenvalue weighted by atomic mass is 79.9. The average Bonchev–Trinajstić information content (AvgIpc) is 2.69. The fraction of sp³-hybridized carbons (Fsp3) is 0.250. The highest BCUT2D eigenvalue weighted by Crippen LogP contribution is 2.51. The van der Waals surface area contributed by atoms with Crippen LogP contribution < -0.4 is 5.32 Å². The lowest BCUT2D eigenvalue weighted by Gasteiger charge is -2.39. The zero-order valence-corrected chi connectivity index (χ0v) is 17.1. The number of hydrogen-bond acceptors (Lipinski definition) is 2. The zero-order chi connectivity index (χ0) is 18.6. The molecule has 4 rings (SSSR count). The minimum Gasteiger partial charge on any atom is -0.373 e. The van der Waals surface area contributed by atoms with E-state index in [2.05, 4.69) is 88.8 Å². The van der Waals surface area contributed by atoms with Gasteiger partial charge < -0.3 is 10.1 Å². The highest BCUT2D eigenvalue weighted by molar-refractivity contribution is 9.10. The lowest BCUT2D eigenvalue weighted by atomic mass is 9.71. The molecule has 2 unspecified atom stereocenters. The van der Waals surface area contributed by atoms with Crippen LogP contribution in [0, 0.1) is 0 Å². The predicted octanol–water partition coefficient (Wildman–Crippen LogP) is 7.20. The van der Waals surface area contributed by atoms with Gasteiger partial charge in [0.2, 0.25) is 0 Å². The Morgan fingerprint density at radius 1 is 0.852 bits per heavy atom. The van der Waals surface area contributed by atoms with Crippen molar-refractivity contribution in [3.63, 3.8) is 0 Å². The lowest BCUT2D eigenvalue weighted by Crippen LogP contribution is -2.27. The Morgan fingerprint density at radius 3 is 2.15 bits per heavy atom. The maximum absolute atomic E-state index is 6.23. The van der Waals surface area contributed by atoms with E-state index in [1.165, 1.54) is 16.7 Å². The van der Waals surface area contributed by atoms with Gasteiger partial charge in [-0.3, -0.25) is 0 Å². The van der Waals surface area contributed by atoms with E-state index in [1.54, 1.807) is 0 Å². The van der Waals surface area contributed by atoms with Crippen LogP contribution >= 0.6 is 15.9 Å². The molecule has 0 saturated heterocycles. The molecule has 1 aliphatic rings. The van der Waals surface area contributed by atoms with Crippen molar-refractivity contribution >= 4 is 27.3 Å². The van der Waals surface area contributed by atoms with Crippen molar-refractivity contribution in [1.29, 1.82) is 0 Å². The van der Waals surface area contributed by atoms with E-state index in [9.17, 15) is 0 Å². The van der Waals surface area contributed by atoms with Gasteiger partial charge in [0.05, 0.1) is 6.10 Å². The van der Waals surface area contributed by atoms with Crippen molar-refractivity contribution in [2.24, 2.45) is 0 Å². The van der Waals surface area contributed by atoms with Gasteiger partial charge in [0.15, 0.2) is 0 Å². The standard InChI is InChI=1S/C24H24BrNO/c1-2-3-16-27-24-22-7-5-4-6-21(22)23(24)17-8-12-19(13-9-17)26-20-14-10-18(25)11-15-20/h4-15,23-24,26H,2-3,16H2,1H3. The van der Waals surface area contributed by atoms with Crippen molar-refractivity contribution in [2.45, 2.75) is 31.8 Å². The first-order chi connectivity index (χ1) is 13.3. The summed E-state index contributed by atoms with van der Waals surface area (Å²) < 4.78 is 7.31. The second-order valence-corrected chi connectivity index (χ2v) is 7.92. The maximum Gasteiger partial charge on any atom is 0.0936 e. The molecule has 3 aromatic rings. The molecule has 0 bridgehead atoms. The van der Waals surface area contributed by atoms with Gasteiger partial charge in [-0.15, -0.1) is 0 Å². The topological polar surface area (TPSA) is 21.3 Å². The van der Waals surface area contributed by atoms with Crippen LogP contribution in [0.3, 0.4) is 0 Å². The lowest BCUT2D eigenvalue weighted by molar-refractivity contribution is 0.0217. The number of unbranched alkanes of at least 4 members (excludes halogenated alkanes) is 1. The first kappa shape index (κ1) is 18.3. The molecule has 0 saturated carbocycles. The molecule has 0 radical (unpaired) electrons. The second-order valence-electron chi connectivity index (χ2n) is 7.01. The van der Waals surface area contributed by atoms with Gasteiger partial charge >= 0.3 is 0 Å². The van der Waals surface area contributed by atoms with E-state index in [4.69, 9.17) is 4.74 Å². The third-order valence-electron chi connectivity index (χ3n) is 5.14. The second kappa shape index (κ2) is 8.28. The van der Waals surface area contributed by atoms with E-state index < -0.39 is 0 Å². The number of halogens is 1. The Kier molecular flexibility index (Phi) is 5.61. The SMILES string of the molecule is CCCCOC1c2ccccc2C1c1ccc(Nc2ccc(Br)cc2)cc1. The maximum atomic E-state index is 6.23. The fourth-order valence-electron chi connectivity index (χ4n) is 3.67. The third-order valence-corrected chi connectivity index (χ3v) is 5.67. The van der Waals surface area contributed by atoms with Gasteiger partial charge in [0.25, 0.3) is 0 Å². The van der Waals surface area contributed by atoms with Gasteiger partial charge in [0.1, 0.15) is 0 Å². The van der Waals surface area contributed by atoms with E-state index >= 15 is 0 Å². The molecule has 0 aliphatic heterocycles. The van der Waals surface area contributed by atoms with Gasteiger partial charge in [-0.05, 0) is 59.5 Å². The molecule has 1 N–H and O–H groups in total. The summed E-state index contributed by atoms with van der Waals surface area (Å²) in [6, 6.07) is 25.6. The van der Waals surface area contributed by atoms with Gasteiger partial charge in [-0.1, -0.05) is 65.7 Å². The van der Waals surface area contributed by atoms with Crippen molar-refractivity contribution in [3.8, 4) is 0 Å². The summed E-state index contributed by atoms with van der Waals surface area (Å²) in [4.78, 5) is 0. The van der Waals surface area contributed by atoms with Crippen molar-refractivity contribution in [2.75, 3.05) is 11.9 Å². The van der Waals surface area contributed by atoms with Crippen LogP contribution in [0.15, 0.2) is 77.3 Å². The fourth-order valence-corrected chi connectivity index (χ4v) is 3.93. The van der Waals surface area contributed by atoms with E-state index in [0.29, 0.717) is 5.92 Å². The normalized spacial score (nSPS) is 17.9. The molecule has 3 aromatic carbocycles. The molecule has 1 aliphatic carbocycles. The van der Waals surface area contributed by atoms with Crippen LogP contribution in [0.4, 0.5) is 11.4 Å². The number of rotatable bonds is 7. The molecule has 27 heavy (non-hydrogen) atoms. The molecule has 0 aromatic heterocycles. The molecule has 3 heteroatoms. The monoisotopic (exact) mass is 421 g/mol.